The number of fused-ring (bicyclic) bond motifs is 8. The lowest BCUT2D eigenvalue weighted by Crippen LogP contribution is -1.92. The van der Waals surface area contributed by atoms with Gasteiger partial charge in [-0.05, 0) is 41.5 Å². The highest BCUT2D eigenvalue weighted by molar-refractivity contribution is 7.21. The normalized spacial score (nSPS) is 12.0. The zero-order valence-electron chi connectivity index (χ0n) is 18.6. The molecule has 0 fully saturated rings. The summed E-state index contributed by atoms with van der Waals surface area (Å²) >= 11 is 1.72. The van der Waals surface area contributed by atoms with E-state index in [1.165, 1.54) is 32.9 Å². The Labute approximate surface area is 204 Å². The molecule has 8 aromatic rings. The van der Waals surface area contributed by atoms with Crippen molar-refractivity contribution < 1.29 is 4.42 Å². The molecule has 3 nitrogen and oxygen atoms in total. The topological polar surface area (TPSA) is 31.0 Å². The van der Waals surface area contributed by atoms with Crippen LogP contribution in [0.4, 0.5) is 0 Å². The molecule has 4 heteroatoms. The summed E-state index contributed by atoms with van der Waals surface area (Å²) in [6, 6.07) is 38.2. The lowest BCUT2D eigenvalue weighted by Gasteiger charge is -2.06. The van der Waals surface area contributed by atoms with Crippen LogP contribution in [0.3, 0.4) is 0 Å². The summed E-state index contributed by atoms with van der Waals surface area (Å²) in [5.41, 5.74) is 7.56. The average Bonchev–Trinajstić information content (AvgIpc) is 3.59. The van der Waals surface area contributed by atoms with Gasteiger partial charge in [-0.3, -0.25) is 4.57 Å². The monoisotopic (exact) mass is 466 g/mol. The molecule has 5 aromatic carbocycles. The van der Waals surface area contributed by atoms with Gasteiger partial charge in [-0.15, -0.1) is 0 Å². The molecule has 0 saturated carbocycles. The van der Waals surface area contributed by atoms with Crippen molar-refractivity contribution in [2.45, 2.75) is 0 Å². The molecule has 0 aliphatic carbocycles. The number of nitrogens with zero attached hydrogens (tertiary/aromatic N) is 2. The van der Waals surface area contributed by atoms with Gasteiger partial charge in [0.25, 0.3) is 0 Å². The molecule has 35 heavy (non-hydrogen) atoms. The number of para-hydroxylation sites is 2. The van der Waals surface area contributed by atoms with Crippen molar-refractivity contribution in [3.8, 4) is 16.3 Å². The maximum Gasteiger partial charge on any atom is 0.195 e. The van der Waals surface area contributed by atoms with Crippen LogP contribution >= 0.6 is 11.3 Å². The fourth-order valence-electron chi connectivity index (χ4n) is 5.37. The molecule has 0 amide bonds. The van der Waals surface area contributed by atoms with Crippen LogP contribution in [-0.4, -0.2) is 9.55 Å². The lowest BCUT2D eigenvalue weighted by atomic mass is 10.00. The van der Waals surface area contributed by atoms with E-state index in [0.717, 1.165) is 37.3 Å². The van der Waals surface area contributed by atoms with Gasteiger partial charge in [0.05, 0.1) is 26.6 Å². The predicted octanol–water partition coefficient (Wildman–Crippen LogP) is 8.96. The third-order valence-electron chi connectivity index (χ3n) is 6.86. The van der Waals surface area contributed by atoms with Crippen LogP contribution in [0.5, 0.6) is 0 Å². The van der Waals surface area contributed by atoms with Crippen molar-refractivity contribution in [1.82, 2.24) is 9.55 Å². The number of hydrogen-bond acceptors (Lipinski definition) is 3. The Morgan fingerprint density at radius 3 is 2.29 bits per heavy atom. The van der Waals surface area contributed by atoms with Crippen molar-refractivity contribution in [3.63, 3.8) is 0 Å². The first-order chi connectivity index (χ1) is 17.4. The summed E-state index contributed by atoms with van der Waals surface area (Å²) in [5.74, 6) is 0. The highest BCUT2D eigenvalue weighted by Gasteiger charge is 2.20. The van der Waals surface area contributed by atoms with Gasteiger partial charge < -0.3 is 4.42 Å². The molecule has 0 aliphatic heterocycles. The summed E-state index contributed by atoms with van der Waals surface area (Å²) in [6.07, 6.45) is 0. The Morgan fingerprint density at radius 1 is 0.600 bits per heavy atom. The Balaban J connectivity index is 1.49. The number of hydrogen-bond donors (Lipinski definition) is 0. The second-order valence-corrected chi connectivity index (χ2v) is 9.81. The summed E-state index contributed by atoms with van der Waals surface area (Å²) in [6.45, 7) is 0. The fraction of sp³-hybridized carbons (Fsp3) is 0. The van der Waals surface area contributed by atoms with Crippen LogP contribution in [-0.2, 0) is 0 Å². The van der Waals surface area contributed by atoms with Crippen molar-refractivity contribution >= 4 is 65.3 Å². The predicted molar refractivity (Wildman–Crippen MR) is 147 cm³/mol. The van der Waals surface area contributed by atoms with E-state index in [0.29, 0.717) is 0 Å². The highest BCUT2D eigenvalue weighted by atomic mass is 32.1. The van der Waals surface area contributed by atoms with E-state index in [1.807, 2.05) is 12.1 Å². The fourth-order valence-corrected chi connectivity index (χ4v) is 6.37. The molecule has 164 valence electrons. The number of thiazole rings is 1. The summed E-state index contributed by atoms with van der Waals surface area (Å²) in [5, 5.41) is 5.66. The van der Waals surface area contributed by atoms with Gasteiger partial charge in [0.2, 0.25) is 0 Å². The van der Waals surface area contributed by atoms with Crippen LogP contribution in [0.15, 0.2) is 114 Å². The SMILES string of the molecule is c1ccc(-c2cccc3c2c2ccccc2n3-c2nc3c(ccc4oc5ccccc5c43)s2)cc1. The van der Waals surface area contributed by atoms with Gasteiger partial charge >= 0.3 is 0 Å². The Bertz CT molecular complexity index is 2060. The summed E-state index contributed by atoms with van der Waals surface area (Å²) < 4.78 is 9.60. The molecular weight excluding hydrogens is 448 g/mol. The van der Waals surface area contributed by atoms with Crippen LogP contribution in [0, 0.1) is 0 Å². The Morgan fingerprint density at radius 2 is 1.37 bits per heavy atom. The van der Waals surface area contributed by atoms with E-state index in [4.69, 9.17) is 9.40 Å². The molecule has 0 bridgehead atoms. The van der Waals surface area contributed by atoms with Crippen molar-refractivity contribution in [2.24, 2.45) is 0 Å². The van der Waals surface area contributed by atoms with E-state index in [9.17, 15) is 0 Å². The molecule has 0 spiro atoms. The molecule has 0 atom stereocenters. The molecule has 3 heterocycles. The third kappa shape index (κ3) is 2.63. The van der Waals surface area contributed by atoms with E-state index >= 15 is 0 Å². The standard InChI is InChI=1S/C31H18N2OS/c1-2-9-19(10-3-1)20-13-8-15-24-28(20)21-11-4-6-14-23(21)33(24)31-32-30-27(35-31)18-17-26-29(30)22-12-5-7-16-25(22)34-26/h1-18H. The molecule has 0 unspecified atom stereocenters. The van der Waals surface area contributed by atoms with Crippen LogP contribution < -0.4 is 0 Å². The van der Waals surface area contributed by atoms with Crippen LogP contribution in [0.1, 0.15) is 0 Å². The van der Waals surface area contributed by atoms with Crippen molar-refractivity contribution in [3.05, 3.63) is 109 Å². The largest absolute Gasteiger partial charge is 0.456 e. The first kappa shape index (κ1) is 19.0. The van der Waals surface area contributed by atoms with Crippen molar-refractivity contribution in [2.75, 3.05) is 0 Å². The number of benzene rings is 5. The zero-order chi connectivity index (χ0) is 22.9. The maximum atomic E-state index is 6.12. The number of furan rings is 1. The van der Waals surface area contributed by atoms with Gasteiger partial charge in [0, 0.05) is 16.2 Å². The molecule has 0 aliphatic rings. The number of rotatable bonds is 2. The minimum atomic E-state index is 0.879. The van der Waals surface area contributed by atoms with Gasteiger partial charge in [0.1, 0.15) is 11.2 Å². The van der Waals surface area contributed by atoms with Gasteiger partial charge in [-0.25, -0.2) is 4.98 Å². The maximum absolute atomic E-state index is 6.12. The minimum absolute atomic E-state index is 0.879. The summed E-state index contributed by atoms with van der Waals surface area (Å²) in [4.78, 5) is 5.23. The molecule has 8 rings (SSSR count). The van der Waals surface area contributed by atoms with E-state index in [-0.39, 0.29) is 0 Å². The van der Waals surface area contributed by atoms with Crippen LogP contribution in [0.25, 0.3) is 70.2 Å². The number of aromatic nitrogens is 2. The Kier molecular flexibility index (Phi) is 3.82. The quantitative estimate of drug-likeness (QED) is 0.255. The summed E-state index contributed by atoms with van der Waals surface area (Å²) in [7, 11) is 0. The third-order valence-corrected chi connectivity index (χ3v) is 7.87. The minimum Gasteiger partial charge on any atom is -0.456 e. The molecule has 0 N–H and O–H groups in total. The zero-order valence-corrected chi connectivity index (χ0v) is 19.4. The van der Waals surface area contributed by atoms with Gasteiger partial charge in [-0.1, -0.05) is 90.2 Å². The first-order valence-corrected chi connectivity index (χ1v) is 12.5. The Hall–Kier alpha value is -4.41. The van der Waals surface area contributed by atoms with Crippen LogP contribution in [0.2, 0.25) is 0 Å². The highest BCUT2D eigenvalue weighted by Crippen LogP contribution is 2.41. The van der Waals surface area contributed by atoms with Crippen molar-refractivity contribution in [1.29, 1.82) is 0 Å². The van der Waals surface area contributed by atoms with Gasteiger partial charge in [-0.2, -0.15) is 0 Å². The van der Waals surface area contributed by atoms with Gasteiger partial charge in [0.15, 0.2) is 5.13 Å². The van der Waals surface area contributed by atoms with E-state index in [1.54, 1.807) is 11.3 Å². The van der Waals surface area contributed by atoms with E-state index < -0.39 is 0 Å². The molecule has 0 radical (unpaired) electrons. The molecule has 3 aromatic heterocycles. The smallest absolute Gasteiger partial charge is 0.195 e. The lowest BCUT2D eigenvalue weighted by molar-refractivity contribution is 0.669. The second-order valence-electron chi connectivity index (χ2n) is 8.80. The second kappa shape index (κ2) is 7.05. The average molecular weight is 467 g/mol. The van der Waals surface area contributed by atoms with E-state index in [2.05, 4.69) is 102 Å². The molecule has 0 saturated heterocycles. The molecular formula is C31H18N2OS. The first-order valence-electron chi connectivity index (χ1n) is 11.7.